The quantitative estimate of drug-likeness (QED) is 0.828. The fourth-order valence-corrected chi connectivity index (χ4v) is 4.85. The Morgan fingerprint density at radius 1 is 1.07 bits per heavy atom. The number of benzene rings is 2. The van der Waals surface area contributed by atoms with E-state index in [2.05, 4.69) is 4.72 Å². The number of carbonyl (C=O) groups excluding carboxylic acids is 1. The van der Waals surface area contributed by atoms with Crippen LogP contribution >= 0.6 is 0 Å². The number of rotatable bonds is 4. The number of sulfonamides is 1. The van der Waals surface area contributed by atoms with Crippen molar-refractivity contribution in [2.45, 2.75) is 51.9 Å². The Morgan fingerprint density at radius 3 is 2.25 bits per heavy atom. The van der Waals surface area contributed by atoms with Gasteiger partial charge in [0, 0.05) is 29.3 Å². The summed E-state index contributed by atoms with van der Waals surface area (Å²) in [5, 5.41) is 0. The van der Waals surface area contributed by atoms with Crippen LogP contribution in [0.5, 0.6) is 0 Å². The van der Waals surface area contributed by atoms with Gasteiger partial charge in [0.1, 0.15) is 0 Å². The maximum Gasteiger partial charge on any atom is 0.261 e. The van der Waals surface area contributed by atoms with Crippen molar-refractivity contribution in [3.63, 3.8) is 0 Å². The van der Waals surface area contributed by atoms with Crippen molar-refractivity contribution < 1.29 is 13.2 Å². The monoisotopic (exact) mass is 400 g/mol. The van der Waals surface area contributed by atoms with E-state index in [9.17, 15) is 13.2 Å². The van der Waals surface area contributed by atoms with Crippen LogP contribution in [0.2, 0.25) is 0 Å². The Kier molecular flexibility index (Phi) is 5.04. The highest BCUT2D eigenvalue weighted by molar-refractivity contribution is 7.92. The summed E-state index contributed by atoms with van der Waals surface area (Å²) in [6.07, 6.45) is 0. The zero-order chi connectivity index (χ0) is 20.9. The molecule has 0 radical (unpaired) electrons. The minimum absolute atomic E-state index is 0.0517. The van der Waals surface area contributed by atoms with Crippen LogP contribution in [0.4, 0.5) is 11.4 Å². The maximum absolute atomic E-state index is 13.0. The van der Waals surface area contributed by atoms with Gasteiger partial charge < -0.3 is 4.90 Å². The number of nitrogens with zero attached hydrogens (tertiary/aromatic N) is 1. The molecule has 28 heavy (non-hydrogen) atoms. The summed E-state index contributed by atoms with van der Waals surface area (Å²) >= 11 is 0. The lowest BCUT2D eigenvalue weighted by molar-refractivity contribution is -0.121. The van der Waals surface area contributed by atoms with E-state index < -0.39 is 10.0 Å². The largest absolute Gasteiger partial charge is 0.311 e. The molecule has 150 valence electrons. The molecule has 2 aromatic carbocycles. The first kappa shape index (κ1) is 20.4. The number of nitrogens with one attached hydrogen (secondary N) is 1. The highest BCUT2D eigenvalue weighted by atomic mass is 32.2. The summed E-state index contributed by atoms with van der Waals surface area (Å²) < 4.78 is 28.6. The third kappa shape index (κ3) is 3.78. The average molecular weight is 401 g/mol. The van der Waals surface area contributed by atoms with Crippen molar-refractivity contribution in [3.05, 3.63) is 53.1 Å². The standard InChI is InChI=1S/C22H28N2O3S/c1-14(2)21(25)24-13-22(5,6)19-12-18(7-8-20(19)24)28(26,27)23-17-10-15(3)9-16(4)11-17/h7-12,14,23H,13H2,1-6H3. The Balaban J connectivity index is 2.00. The molecule has 0 unspecified atom stereocenters. The molecule has 0 atom stereocenters. The van der Waals surface area contributed by atoms with Crippen molar-refractivity contribution in [2.24, 2.45) is 5.92 Å². The van der Waals surface area contributed by atoms with Crippen LogP contribution in [0.25, 0.3) is 0 Å². The number of aryl methyl sites for hydroxylation is 2. The van der Waals surface area contributed by atoms with Gasteiger partial charge in [0.05, 0.1) is 4.90 Å². The first-order valence-electron chi connectivity index (χ1n) is 9.48. The van der Waals surface area contributed by atoms with Crippen LogP contribution < -0.4 is 9.62 Å². The van der Waals surface area contributed by atoms with Gasteiger partial charge in [0.15, 0.2) is 0 Å². The van der Waals surface area contributed by atoms with E-state index in [1.165, 1.54) is 0 Å². The van der Waals surface area contributed by atoms with Gasteiger partial charge in [-0.2, -0.15) is 0 Å². The topological polar surface area (TPSA) is 66.5 Å². The van der Waals surface area contributed by atoms with Gasteiger partial charge in [-0.25, -0.2) is 8.42 Å². The van der Waals surface area contributed by atoms with Gasteiger partial charge in [-0.15, -0.1) is 0 Å². The van der Waals surface area contributed by atoms with Gasteiger partial charge in [0.2, 0.25) is 5.91 Å². The Bertz CT molecular complexity index is 1020. The molecule has 1 aliphatic heterocycles. The number of hydrogen-bond acceptors (Lipinski definition) is 3. The van der Waals surface area contributed by atoms with E-state index in [4.69, 9.17) is 0 Å². The van der Waals surface area contributed by atoms with Gasteiger partial charge in [-0.05, 0) is 60.9 Å². The minimum Gasteiger partial charge on any atom is -0.311 e. The molecule has 0 bridgehead atoms. The second kappa shape index (κ2) is 6.92. The van der Waals surface area contributed by atoms with E-state index in [1.54, 1.807) is 23.1 Å². The third-order valence-corrected chi connectivity index (χ3v) is 6.46. The maximum atomic E-state index is 13.0. The highest BCUT2D eigenvalue weighted by Gasteiger charge is 2.39. The molecule has 2 aromatic rings. The normalized spacial score (nSPS) is 15.6. The van der Waals surface area contributed by atoms with Gasteiger partial charge in [0.25, 0.3) is 10.0 Å². The molecule has 1 heterocycles. The number of carbonyl (C=O) groups is 1. The van der Waals surface area contributed by atoms with E-state index in [-0.39, 0.29) is 22.1 Å². The molecule has 0 saturated carbocycles. The molecule has 0 fully saturated rings. The van der Waals surface area contributed by atoms with Crippen LogP contribution in [0, 0.1) is 19.8 Å². The third-order valence-electron chi connectivity index (χ3n) is 5.09. The fourth-order valence-electron chi connectivity index (χ4n) is 3.78. The Morgan fingerprint density at radius 2 is 1.68 bits per heavy atom. The molecule has 0 aliphatic carbocycles. The molecule has 0 aromatic heterocycles. The van der Waals surface area contributed by atoms with E-state index in [1.807, 2.05) is 59.7 Å². The first-order valence-corrected chi connectivity index (χ1v) is 11.0. The second-order valence-corrected chi connectivity index (χ2v) is 10.3. The zero-order valence-electron chi connectivity index (χ0n) is 17.3. The van der Waals surface area contributed by atoms with Crippen LogP contribution in [-0.4, -0.2) is 20.9 Å². The number of anilines is 2. The number of fused-ring (bicyclic) bond motifs is 1. The molecule has 5 nitrogen and oxygen atoms in total. The van der Waals surface area contributed by atoms with Gasteiger partial charge >= 0.3 is 0 Å². The molecule has 0 spiro atoms. The zero-order valence-corrected chi connectivity index (χ0v) is 18.1. The van der Waals surface area contributed by atoms with E-state index >= 15 is 0 Å². The summed E-state index contributed by atoms with van der Waals surface area (Å²) in [5.41, 5.74) is 3.91. The van der Waals surface area contributed by atoms with E-state index in [0.717, 1.165) is 22.4 Å². The first-order chi connectivity index (χ1) is 12.9. The molecular formula is C22H28N2O3S. The van der Waals surface area contributed by atoms with Crippen LogP contribution in [0.15, 0.2) is 41.3 Å². The predicted molar refractivity (Wildman–Crippen MR) is 113 cm³/mol. The molecule has 6 heteroatoms. The second-order valence-electron chi connectivity index (χ2n) is 8.62. The minimum atomic E-state index is -3.73. The summed E-state index contributed by atoms with van der Waals surface area (Å²) in [7, 11) is -3.73. The molecule has 1 amide bonds. The summed E-state index contributed by atoms with van der Waals surface area (Å²) in [6.45, 7) is 12.2. The molecule has 3 rings (SSSR count). The van der Waals surface area contributed by atoms with Crippen LogP contribution in [0.1, 0.15) is 44.4 Å². The summed E-state index contributed by atoms with van der Waals surface area (Å²) in [5.74, 6) is -0.0628. The average Bonchev–Trinajstić information content (AvgIpc) is 2.83. The van der Waals surface area contributed by atoms with Gasteiger partial charge in [-0.1, -0.05) is 33.8 Å². The van der Waals surface area contributed by atoms with Crippen molar-refractivity contribution in [3.8, 4) is 0 Å². The van der Waals surface area contributed by atoms with Gasteiger partial charge in [-0.3, -0.25) is 9.52 Å². The lowest BCUT2D eigenvalue weighted by atomic mass is 9.87. The highest BCUT2D eigenvalue weighted by Crippen LogP contribution is 2.42. The van der Waals surface area contributed by atoms with Crippen LogP contribution in [0.3, 0.4) is 0 Å². The summed E-state index contributed by atoms with van der Waals surface area (Å²) in [4.78, 5) is 14.6. The summed E-state index contributed by atoms with van der Waals surface area (Å²) in [6, 6.07) is 10.6. The lowest BCUT2D eigenvalue weighted by Gasteiger charge is -2.22. The Hall–Kier alpha value is -2.34. The smallest absolute Gasteiger partial charge is 0.261 e. The molecule has 0 saturated heterocycles. The van der Waals surface area contributed by atoms with Crippen molar-refractivity contribution in [2.75, 3.05) is 16.2 Å². The van der Waals surface area contributed by atoms with Crippen molar-refractivity contribution >= 4 is 27.3 Å². The Labute approximate surface area is 167 Å². The van der Waals surface area contributed by atoms with Crippen LogP contribution in [-0.2, 0) is 20.2 Å². The van der Waals surface area contributed by atoms with E-state index in [0.29, 0.717) is 12.2 Å². The van der Waals surface area contributed by atoms with Crippen molar-refractivity contribution in [1.82, 2.24) is 0 Å². The molecule has 1 N–H and O–H groups in total. The predicted octanol–water partition coefficient (Wildman–Crippen LogP) is 4.38. The van der Waals surface area contributed by atoms with Crippen molar-refractivity contribution in [1.29, 1.82) is 0 Å². The number of hydrogen-bond donors (Lipinski definition) is 1. The number of amides is 1. The molecular weight excluding hydrogens is 372 g/mol. The SMILES string of the molecule is Cc1cc(C)cc(NS(=O)(=O)c2ccc3c(c2)C(C)(C)CN3C(=O)C(C)C)c1. The fraction of sp³-hybridized carbons (Fsp3) is 0.409. The molecule has 1 aliphatic rings. The lowest BCUT2D eigenvalue weighted by Crippen LogP contribution is -2.36.